The molecule has 0 saturated carbocycles. The van der Waals surface area contributed by atoms with Gasteiger partial charge in [-0.3, -0.25) is 0 Å². The van der Waals surface area contributed by atoms with Crippen LogP contribution in [0.4, 0.5) is 0 Å². The van der Waals surface area contributed by atoms with Crippen LogP contribution < -0.4 is 10.1 Å². The summed E-state index contributed by atoms with van der Waals surface area (Å²) >= 11 is 0. The highest BCUT2D eigenvalue weighted by molar-refractivity contribution is 5.30. The third kappa shape index (κ3) is 4.22. The molecule has 1 fully saturated rings. The second-order valence-corrected chi connectivity index (χ2v) is 5.11. The maximum absolute atomic E-state index is 5.86. The van der Waals surface area contributed by atoms with Crippen molar-refractivity contribution in [3.8, 4) is 5.75 Å². The first-order valence-corrected chi connectivity index (χ1v) is 7.32. The van der Waals surface area contributed by atoms with E-state index in [0.717, 1.165) is 25.3 Å². The summed E-state index contributed by atoms with van der Waals surface area (Å²) in [5, 5.41) is 3.56. The van der Waals surface area contributed by atoms with Crippen molar-refractivity contribution in [2.24, 2.45) is 0 Å². The zero-order chi connectivity index (χ0) is 13.5. The topological polar surface area (TPSA) is 30.5 Å². The molecular weight excluding hydrogens is 238 g/mol. The Morgan fingerprint density at radius 2 is 2.32 bits per heavy atom. The van der Waals surface area contributed by atoms with E-state index in [9.17, 15) is 0 Å². The minimum Gasteiger partial charge on any atom is -0.497 e. The quantitative estimate of drug-likeness (QED) is 0.854. The molecule has 0 aliphatic carbocycles. The fraction of sp³-hybridized carbons (Fsp3) is 0.625. The van der Waals surface area contributed by atoms with Crippen LogP contribution in [-0.2, 0) is 4.74 Å². The maximum Gasteiger partial charge on any atom is 0.119 e. The fourth-order valence-electron chi connectivity index (χ4n) is 2.70. The summed E-state index contributed by atoms with van der Waals surface area (Å²) < 4.78 is 11.2. The number of ether oxygens (including phenoxy) is 2. The number of rotatable bonds is 6. The molecule has 1 heterocycles. The summed E-state index contributed by atoms with van der Waals surface area (Å²) in [6.45, 7) is 4.03. The largest absolute Gasteiger partial charge is 0.497 e. The molecule has 1 N–H and O–H groups in total. The first kappa shape index (κ1) is 14.4. The smallest absolute Gasteiger partial charge is 0.119 e. The second-order valence-electron chi connectivity index (χ2n) is 5.11. The second kappa shape index (κ2) is 7.51. The summed E-state index contributed by atoms with van der Waals surface area (Å²) in [7, 11) is 1.71. The van der Waals surface area contributed by atoms with Crippen molar-refractivity contribution in [2.75, 3.05) is 20.3 Å². The van der Waals surface area contributed by atoms with Crippen LogP contribution in [-0.4, -0.2) is 26.4 Å². The Kier molecular flexibility index (Phi) is 5.67. The molecule has 106 valence electrons. The van der Waals surface area contributed by atoms with E-state index < -0.39 is 0 Å². The predicted octanol–water partition coefficient (Wildman–Crippen LogP) is 3.31. The minimum absolute atomic E-state index is 0.350. The van der Waals surface area contributed by atoms with Gasteiger partial charge >= 0.3 is 0 Å². The lowest BCUT2D eigenvalue weighted by Gasteiger charge is -2.28. The fourth-order valence-corrected chi connectivity index (χ4v) is 2.70. The summed E-state index contributed by atoms with van der Waals surface area (Å²) in [5.74, 6) is 0.921. The zero-order valence-electron chi connectivity index (χ0n) is 12.0. The Bertz CT molecular complexity index is 375. The summed E-state index contributed by atoms with van der Waals surface area (Å²) in [4.78, 5) is 0. The van der Waals surface area contributed by atoms with E-state index in [1.54, 1.807) is 7.11 Å². The van der Waals surface area contributed by atoms with Crippen molar-refractivity contribution >= 4 is 0 Å². The van der Waals surface area contributed by atoms with Crippen LogP contribution in [0, 0.1) is 0 Å². The van der Waals surface area contributed by atoms with Gasteiger partial charge in [-0.2, -0.15) is 0 Å². The van der Waals surface area contributed by atoms with Gasteiger partial charge in [0.1, 0.15) is 5.75 Å². The van der Waals surface area contributed by atoms with Gasteiger partial charge in [-0.05, 0) is 49.9 Å². The predicted molar refractivity (Wildman–Crippen MR) is 77.6 cm³/mol. The molecule has 0 spiro atoms. The van der Waals surface area contributed by atoms with Crippen LogP contribution in [0.5, 0.6) is 5.75 Å². The molecule has 3 heteroatoms. The van der Waals surface area contributed by atoms with E-state index in [0.29, 0.717) is 12.1 Å². The number of hydrogen-bond acceptors (Lipinski definition) is 3. The SMILES string of the molecule is CCNC(CC1CCCCO1)c1cccc(OC)c1. The van der Waals surface area contributed by atoms with Crippen molar-refractivity contribution in [3.63, 3.8) is 0 Å². The molecule has 1 aliphatic rings. The van der Waals surface area contributed by atoms with Crippen molar-refractivity contribution < 1.29 is 9.47 Å². The normalized spacial score (nSPS) is 21.1. The third-order valence-electron chi connectivity index (χ3n) is 3.72. The Morgan fingerprint density at radius 1 is 1.42 bits per heavy atom. The van der Waals surface area contributed by atoms with Crippen molar-refractivity contribution in [3.05, 3.63) is 29.8 Å². The molecule has 0 amide bonds. The average molecular weight is 263 g/mol. The maximum atomic E-state index is 5.86. The van der Waals surface area contributed by atoms with Gasteiger partial charge in [-0.15, -0.1) is 0 Å². The molecule has 1 aromatic carbocycles. The molecule has 2 unspecified atom stereocenters. The zero-order valence-corrected chi connectivity index (χ0v) is 12.0. The van der Waals surface area contributed by atoms with Crippen molar-refractivity contribution in [1.82, 2.24) is 5.32 Å². The van der Waals surface area contributed by atoms with Gasteiger partial charge in [0, 0.05) is 12.6 Å². The van der Waals surface area contributed by atoms with E-state index in [2.05, 4.69) is 30.4 Å². The lowest BCUT2D eigenvalue weighted by Crippen LogP contribution is -2.28. The van der Waals surface area contributed by atoms with E-state index in [1.807, 2.05) is 6.07 Å². The monoisotopic (exact) mass is 263 g/mol. The highest BCUT2D eigenvalue weighted by atomic mass is 16.5. The molecule has 1 saturated heterocycles. The van der Waals surface area contributed by atoms with Gasteiger partial charge in [-0.1, -0.05) is 19.1 Å². The summed E-state index contributed by atoms with van der Waals surface area (Å²) in [6, 6.07) is 8.68. The molecule has 19 heavy (non-hydrogen) atoms. The number of nitrogens with one attached hydrogen (secondary N) is 1. The Labute approximate surface area is 116 Å². The molecule has 1 aromatic rings. The van der Waals surface area contributed by atoms with Crippen LogP contribution >= 0.6 is 0 Å². The number of benzene rings is 1. The Morgan fingerprint density at radius 3 is 3.00 bits per heavy atom. The van der Waals surface area contributed by atoms with Crippen LogP contribution in [0.3, 0.4) is 0 Å². The highest BCUT2D eigenvalue weighted by Crippen LogP contribution is 2.26. The first-order valence-electron chi connectivity index (χ1n) is 7.32. The van der Waals surface area contributed by atoms with Gasteiger partial charge in [-0.25, -0.2) is 0 Å². The lowest BCUT2D eigenvalue weighted by molar-refractivity contribution is 0.00513. The Hall–Kier alpha value is -1.06. The first-order chi connectivity index (χ1) is 9.33. The van der Waals surface area contributed by atoms with Crippen molar-refractivity contribution in [1.29, 1.82) is 0 Å². The van der Waals surface area contributed by atoms with Gasteiger partial charge in [0.25, 0.3) is 0 Å². The molecule has 2 rings (SSSR count). The molecule has 0 bridgehead atoms. The van der Waals surface area contributed by atoms with E-state index >= 15 is 0 Å². The van der Waals surface area contributed by atoms with Crippen LogP contribution in [0.2, 0.25) is 0 Å². The Balaban J connectivity index is 2.04. The molecule has 3 nitrogen and oxygen atoms in total. The molecule has 0 radical (unpaired) electrons. The average Bonchev–Trinajstić information content (AvgIpc) is 2.48. The number of methoxy groups -OCH3 is 1. The summed E-state index contributed by atoms with van der Waals surface area (Å²) in [5.41, 5.74) is 1.29. The van der Waals surface area contributed by atoms with E-state index in [4.69, 9.17) is 9.47 Å². The summed E-state index contributed by atoms with van der Waals surface area (Å²) in [6.07, 6.45) is 5.12. The number of hydrogen-bond donors (Lipinski definition) is 1. The third-order valence-corrected chi connectivity index (χ3v) is 3.72. The van der Waals surface area contributed by atoms with Gasteiger partial charge in [0.05, 0.1) is 13.2 Å². The van der Waals surface area contributed by atoms with E-state index in [1.165, 1.54) is 24.8 Å². The molecule has 1 aliphatic heterocycles. The highest BCUT2D eigenvalue weighted by Gasteiger charge is 2.20. The lowest BCUT2D eigenvalue weighted by atomic mass is 9.96. The van der Waals surface area contributed by atoms with Crippen LogP contribution in [0.25, 0.3) is 0 Å². The minimum atomic E-state index is 0.350. The van der Waals surface area contributed by atoms with Gasteiger partial charge < -0.3 is 14.8 Å². The van der Waals surface area contributed by atoms with Crippen LogP contribution in [0.15, 0.2) is 24.3 Å². The van der Waals surface area contributed by atoms with Crippen LogP contribution in [0.1, 0.15) is 44.2 Å². The van der Waals surface area contributed by atoms with Gasteiger partial charge in [0.15, 0.2) is 0 Å². The molecule has 0 aromatic heterocycles. The van der Waals surface area contributed by atoms with E-state index in [-0.39, 0.29) is 0 Å². The van der Waals surface area contributed by atoms with Crippen molar-refractivity contribution in [2.45, 2.75) is 44.8 Å². The van der Waals surface area contributed by atoms with Gasteiger partial charge in [0.2, 0.25) is 0 Å². The molecular formula is C16H25NO2. The standard InChI is InChI=1S/C16H25NO2/c1-3-17-16(12-15-8-4-5-10-19-15)13-7-6-9-14(11-13)18-2/h6-7,9,11,15-17H,3-5,8,10,12H2,1-2H3. The molecule has 2 atom stereocenters.